The molecule has 0 saturated carbocycles. The maximum atomic E-state index is 13.5. The minimum absolute atomic E-state index is 0.225. The molecule has 0 atom stereocenters. The Balaban J connectivity index is 2.17. The second-order valence-corrected chi connectivity index (χ2v) is 4.53. The van der Waals surface area contributed by atoms with E-state index in [4.69, 9.17) is 9.47 Å². The first-order chi connectivity index (χ1) is 11.0. The van der Waals surface area contributed by atoms with Crippen LogP contribution in [0.4, 0.5) is 14.5 Å². The molecule has 2 rings (SSSR count). The van der Waals surface area contributed by atoms with Crippen molar-refractivity contribution in [3.63, 3.8) is 0 Å². The van der Waals surface area contributed by atoms with Crippen LogP contribution < -0.4 is 14.8 Å². The average Bonchev–Trinajstić information content (AvgIpc) is 2.55. The first-order valence-electron chi connectivity index (χ1n) is 6.70. The summed E-state index contributed by atoms with van der Waals surface area (Å²) in [6.45, 7) is 0. The number of halogens is 2. The number of carbonyl (C=O) groups is 1. The molecule has 1 amide bonds. The second kappa shape index (κ2) is 7.40. The number of methoxy groups -OCH3 is 2. The van der Waals surface area contributed by atoms with Gasteiger partial charge in [-0.15, -0.1) is 0 Å². The van der Waals surface area contributed by atoms with Crippen molar-refractivity contribution in [1.29, 1.82) is 0 Å². The highest BCUT2D eigenvalue weighted by Crippen LogP contribution is 2.31. The molecule has 0 aliphatic carbocycles. The lowest BCUT2D eigenvalue weighted by Crippen LogP contribution is -2.09. The summed E-state index contributed by atoms with van der Waals surface area (Å²) in [5.41, 5.74) is 0.388. The first-order valence-corrected chi connectivity index (χ1v) is 6.70. The molecule has 0 radical (unpaired) electrons. The fourth-order valence-corrected chi connectivity index (χ4v) is 1.98. The van der Waals surface area contributed by atoms with Crippen molar-refractivity contribution in [1.82, 2.24) is 0 Å². The van der Waals surface area contributed by atoms with Gasteiger partial charge in [-0.05, 0) is 24.3 Å². The van der Waals surface area contributed by atoms with Crippen LogP contribution in [0.15, 0.2) is 42.5 Å². The van der Waals surface area contributed by atoms with Crippen molar-refractivity contribution in [3.05, 3.63) is 59.7 Å². The third-order valence-corrected chi connectivity index (χ3v) is 3.03. The molecule has 0 aromatic heterocycles. The quantitative estimate of drug-likeness (QED) is 0.856. The average molecular weight is 319 g/mol. The predicted molar refractivity (Wildman–Crippen MR) is 83.6 cm³/mol. The van der Waals surface area contributed by atoms with Gasteiger partial charge in [0.05, 0.1) is 19.9 Å². The largest absolute Gasteiger partial charge is 0.493 e. The molecule has 2 aromatic rings. The number of para-hydroxylation sites is 1. The zero-order valence-electron chi connectivity index (χ0n) is 12.6. The predicted octanol–water partition coefficient (Wildman–Crippen LogP) is 3.63. The molecule has 0 saturated heterocycles. The monoisotopic (exact) mass is 319 g/mol. The van der Waals surface area contributed by atoms with Crippen LogP contribution in [-0.2, 0) is 4.79 Å². The van der Waals surface area contributed by atoms with Crippen LogP contribution in [-0.4, -0.2) is 20.1 Å². The summed E-state index contributed by atoms with van der Waals surface area (Å²) in [4.78, 5) is 11.8. The summed E-state index contributed by atoms with van der Waals surface area (Å²) < 4.78 is 36.9. The Labute approximate surface area is 132 Å². The molecule has 120 valence electrons. The number of rotatable bonds is 5. The van der Waals surface area contributed by atoms with Gasteiger partial charge in [0.25, 0.3) is 0 Å². The third kappa shape index (κ3) is 4.06. The number of carbonyl (C=O) groups excluding carboxylic acids is 1. The molecule has 23 heavy (non-hydrogen) atoms. The molecule has 0 unspecified atom stereocenters. The molecule has 0 aliphatic rings. The van der Waals surface area contributed by atoms with Gasteiger partial charge in [-0.3, -0.25) is 4.79 Å². The molecule has 1 N–H and O–H groups in total. The third-order valence-electron chi connectivity index (χ3n) is 3.03. The molecule has 0 spiro atoms. The molecular weight excluding hydrogens is 304 g/mol. The molecular formula is C17H15F2NO3. The van der Waals surface area contributed by atoms with Crippen molar-refractivity contribution in [3.8, 4) is 11.5 Å². The summed E-state index contributed by atoms with van der Waals surface area (Å²) in [5, 5.41) is 2.27. The Kier molecular flexibility index (Phi) is 5.30. The number of benzene rings is 2. The summed E-state index contributed by atoms with van der Waals surface area (Å²) >= 11 is 0. The van der Waals surface area contributed by atoms with Gasteiger partial charge in [0.15, 0.2) is 11.5 Å². The van der Waals surface area contributed by atoms with Crippen LogP contribution in [0, 0.1) is 11.6 Å². The normalized spacial score (nSPS) is 10.6. The van der Waals surface area contributed by atoms with Crippen LogP contribution in [0.2, 0.25) is 0 Å². The van der Waals surface area contributed by atoms with Crippen LogP contribution >= 0.6 is 0 Å². The highest BCUT2D eigenvalue weighted by Gasteiger charge is 2.09. The number of hydrogen-bond donors (Lipinski definition) is 1. The lowest BCUT2D eigenvalue weighted by Gasteiger charge is -2.09. The smallest absolute Gasteiger partial charge is 0.248 e. The van der Waals surface area contributed by atoms with Crippen LogP contribution in [0.5, 0.6) is 11.5 Å². The first kappa shape index (κ1) is 16.5. The van der Waals surface area contributed by atoms with Crippen molar-refractivity contribution < 1.29 is 23.0 Å². The van der Waals surface area contributed by atoms with E-state index in [1.54, 1.807) is 18.2 Å². The number of nitrogens with one attached hydrogen (secondary N) is 1. The minimum atomic E-state index is -0.716. The Bertz CT molecular complexity index is 745. The number of anilines is 1. The van der Waals surface area contributed by atoms with E-state index in [0.717, 1.165) is 18.2 Å². The SMILES string of the molecule is COc1cccc(/C=C/C(=O)Nc2cc(F)ccc2F)c1OC. The summed E-state index contributed by atoms with van der Waals surface area (Å²) in [5.74, 6) is -0.964. The zero-order chi connectivity index (χ0) is 16.8. The van der Waals surface area contributed by atoms with E-state index < -0.39 is 17.5 Å². The maximum Gasteiger partial charge on any atom is 0.248 e. The van der Waals surface area contributed by atoms with E-state index >= 15 is 0 Å². The van der Waals surface area contributed by atoms with E-state index in [2.05, 4.69) is 5.32 Å². The molecule has 2 aromatic carbocycles. The Hall–Kier alpha value is -2.89. The van der Waals surface area contributed by atoms with Crippen molar-refractivity contribution in [2.75, 3.05) is 19.5 Å². The molecule has 0 heterocycles. The van der Waals surface area contributed by atoms with Crippen molar-refractivity contribution in [2.45, 2.75) is 0 Å². The van der Waals surface area contributed by atoms with Gasteiger partial charge in [-0.1, -0.05) is 12.1 Å². The van der Waals surface area contributed by atoms with E-state index in [9.17, 15) is 13.6 Å². The van der Waals surface area contributed by atoms with Crippen molar-refractivity contribution in [2.24, 2.45) is 0 Å². The van der Waals surface area contributed by atoms with Crippen LogP contribution in [0.1, 0.15) is 5.56 Å². The fourth-order valence-electron chi connectivity index (χ4n) is 1.98. The van der Waals surface area contributed by atoms with Crippen LogP contribution in [0.25, 0.3) is 6.08 Å². The molecule has 0 bridgehead atoms. The Morgan fingerprint density at radius 2 is 1.91 bits per heavy atom. The van der Waals surface area contributed by atoms with E-state index in [0.29, 0.717) is 17.1 Å². The molecule has 6 heteroatoms. The van der Waals surface area contributed by atoms with Gasteiger partial charge >= 0.3 is 0 Å². The van der Waals surface area contributed by atoms with Gasteiger partial charge in [-0.25, -0.2) is 8.78 Å². The molecule has 0 fully saturated rings. The highest BCUT2D eigenvalue weighted by atomic mass is 19.1. The number of amides is 1. The number of ether oxygens (including phenoxy) is 2. The standard InChI is InChI=1S/C17H15F2NO3/c1-22-15-5-3-4-11(17(15)23-2)6-9-16(21)20-14-10-12(18)7-8-13(14)19/h3-10H,1-2H3,(H,20,21)/b9-6+. The second-order valence-electron chi connectivity index (χ2n) is 4.53. The van der Waals surface area contributed by atoms with Crippen LogP contribution in [0.3, 0.4) is 0 Å². The van der Waals surface area contributed by atoms with Crippen molar-refractivity contribution >= 4 is 17.7 Å². The minimum Gasteiger partial charge on any atom is -0.493 e. The topological polar surface area (TPSA) is 47.6 Å². The Morgan fingerprint density at radius 1 is 1.13 bits per heavy atom. The summed E-state index contributed by atoms with van der Waals surface area (Å²) in [6.07, 6.45) is 2.69. The van der Waals surface area contributed by atoms with E-state index in [1.165, 1.54) is 26.4 Å². The van der Waals surface area contributed by atoms with Gasteiger partial charge in [0, 0.05) is 17.7 Å². The maximum absolute atomic E-state index is 13.5. The molecule has 4 nitrogen and oxygen atoms in total. The Morgan fingerprint density at radius 3 is 2.61 bits per heavy atom. The van der Waals surface area contributed by atoms with E-state index in [1.807, 2.05) is 0 Å². The highest BCUT2D eigenvalue weighted by molar-refractivity contribution is 6.02. The lowest BCUT2D eigenvalue weighted by molar-refractivity contribution is -0.111. The van der Waals surface area contributed by atoms with Gasteiger partial charge in [-0.2, -0.15) is 0 Å². The summed E-state index contributed by atoms with van der Waals surface area (Å²) in [7, 11) is 2.99. The van der Waals surface area contributed by atoms with E-state index in [-0.39, 0.29) is 5.69 Å². The molecule has 0 aliphatic heterocycles. The fraction of sp³-hybridized carbons (Fsp3) is 0.118. The van der Waals surface area contributed by atoms with Gasteiger partial charge < -0.3 is 14.8 Å². The van der Waals surface area contributed by atoms with Gasteiger partial charge in [0.1, 0.15) is 11.6 Å². The summed E-state index contributed by atoms with van der Waals surface area (Å²) in [6, 6.07) is 8.02. The zero-order valence-corrected chi connectivity index (χ0v) is 12.6. The number of hydrogen-bond acceptors (Lipinski definition) is 3. The lowest BCUT2D eigenvalue weighted by atomic mass is 10.1. The van der Waals surface area contributed by atoms with Gasteiger partial charge in [0.2, 0.25) is 5.91 Å².